The number of hydrogen-bond donors (Lipinski definition) is 0. The molecule has 0 spiro atoms. The van der Waals surface area contributed by atoms with Crippen molar-refractivity contribution < 1.29 is 4.42 Å². The Kier molecular flexibility index (Phi) is 6.83. The van der Waals surface area contributed by atoms with E-state index in [0.717, 1.165) is 47.8 Å². The van der Waals surface area contributed by atoms with Crippen LogP contribution in [0.2, 0.25) is 0 Å². The molecule has 7 aromatic rings. The van der Waals surface area contributed by atoms with Crippen LogP contribution in [0.15, 0.2) is 162 Å². The van der Waals surface area contributed by atoms with Gasteiger partial charge in [-0.05, 0) is 106 Å². The summed E-state index contributed by atoms with van der Waals surface area (Å²) in [5, 5.41) is 2.48. The van der Waals surface area contributed by atoms with Gasteiger partial charge >= 0.3 is 0 Å². The first-order valence-electron chi connectivity index (χ1n) is 18.2. The molecule has 0 bridgehead atoms. The summed E-state index contributed by atoms with van der Waals surface area (Å²) in [7, 11) is 0. The zero-order chi connectivity index (χ0) is 34.1. The van der Waals surface area contributed by atoms with E-state index in [1.165, 1.54) is 60.9 Å². The molecular formula is C49H39NO. The van der Waals surface area contributed by atoms with Crippen LogP contribution < -0.4 is 4.90 Å². The number of nitrogens with zero attached hydrogens (tertiary/aromatic N) is 1. The van der Waals surface area contributed by atoms with Gasteiger partial charge in [0.05, 0.1) is 0 Å². The minimum absolute atomic E-state index is 0.0518. The maximum absolute atomic E-state index is 6.85. The molecule has 1 unspecified atom stereocenters. The molecule has 246 valence electrons. The second-order valence-electron chi connectivity index (χ2n) is 14.8. The third kappa shape index (κ3) is 4.77. The molecule has 51 heavy (non-hydrogen) atoms. The van der Waals surface area contributed by atoms with E-state index in [0.29, 0.717) is 0 Å². The Bertz CT molecular complexity index is 2510. The minimum Gasteiger partial charge on any atom is -0.456 e. The second kappa shape index (κ2) is 11.6. The summed E-state index contributed by atoms with van der Waals surface area (Å²) < 4.78 is 6.85. The van der Waals surface area contributed by atoms with E-state index in [1.54, 1.807) is 0 Å². The smallest absolute Gasteiger partial charge is 0.139 e. The summed E-state index contributed by atoms with van der Waals surface area (Å²) in [6.07, 6.45) is 7.54. The first-order valence-corrected chi connectivity index (χ1v) is 18.2. The quantitative estimate of drug-likeness (QED) is 0.183. The number of benzene rings is 6. The third-order valence-corrected chi connectivity index (χ3v) is 11.6. The molecule has 0 fully saturated rings. The van der Waals surface area contributed by atoms with Crippen molar-refractivity contribution in [2.24, 2.45) is 0 Å². The van der Waals surface area contributed by atoms with Gasteiger partial charge in [-0.3, -0.25) is 0 Å². The second-order valence-corrected chi connectivity index (χ2v) is 14.8. The van der Waals surface area contributed by atoms with Crippen molar-refractivity contribution in [3.05, 3.63) is 197 Å². The molecule has 0 saturated heterocycles. The van der Waals surface area contributed by atoms with Crippen LogP contribution in [-0.2, 0) is 11.8 Å². The normalized spacial score (nSPS) is 16.8. The molecule has 3 aliphatic rings. The first kappa shape index (κ1) is 30.0. The van der Waals surface area contributed by atoms with Crippen molar-refractivity contribution >= 4 is 39.5 Å². The van der Waals surface area contributed by atoms with Crippen LogP contribution in [0, 0.1) is 0 Å². The van der Waals surface area contributed by atoms with Crippen LogP contribution in [0.4, 0.5) is 17.1 Å². The molecule has 6 aromatic carbocycles. The highest BCUT2D eigenvalue weighted by Gasteiger charge is 2.45. The average Bonchev–Trinajstić information content (AvgIpc) is 3.68. The predicted molar refractivity (Wildman–Crippen MR) is 212 cm³/mol. The van der Waals surface area contributed by atoms with Crippen LogP contribution in [0.5, 0.6) is 0 Å². The van der Waals surface area contributed by atoms with Gasteiger partial charge in [-0.15, -0.1) is 0 Å². The Balaban J connectivity index is 1.08. The topological polar surface area (TPSA) is 16.4 Å². The highest BCUT2D eigenvalue weighted by molar-refractivity contribution is 5.92. The molecule has 0 N–H and O–H groups in total. The van der Waals surface area contributed by atoms with E-state index >= 15 is 0 Å². The molecule has 2 heteroatoms. The molecule has 0 saturated carbocycles. The van der Waals surface area contributed by atoms with E-state index in [-0.39, 0.29) is 11.3 Å². The standard InChI is InChI=1S/C49H39NO/c1-49(2)43-18-10-8-16-40(43)47-44(49)31-42(46-41-17-9-11-19-45(41)51-48(46)47)35-23-27-38(28-24-35)50(39-29-22-33-14-6-7-15-36(33)30-39)37-25-20-34(21-26-37)32-12-4-3-5-13-32/h3-8,10-16,18-30,42H,9,17,31H2,1-2H3. The van der Waals surface area contributed by atoms with Gasteiger partial charge < -0.3 is 9.32 Å². The van der Waals surface area contributed by atoms with Gasteiger partial charge in [0.15, 0.2) is 0 Å². The van der Waals surface area contributed by atoms with E-state index < -0.39 is 0 Å². The fraction of sp³-hybridized carbons (Fsp3) is 0.143. The fourth-order valence-electron chi connectivity index (χ4n) is 9.00. The summed E-state index contributed by atoms with van der Waals surface area (Å²) in [6, 6.07) is 53.3. The van der Waals surface area contributed by atoms with E-state index in [9.17, 15) is 0 Å². The van der Waals surface area contributed by atoms with Crippen LogP contribution in [0.3, 0.4) is 0 Å². The molecule has 2 nitrogen and oxygen atoms in total. The van der Waals surface area contributed by atoms with Crippen molar-refractivity contribution in [1.29, 1.82) is 0 Å². The van der Waals surface area contributed by atoms with Crippen LogP contribution >= 0.6 is 0 Å². The average molecular weight is 658 g/mol. The van der Waals surface area contributed by atoms with Gasteiger partial charge in [0, 0.05) is 45.1 Å². The zero-order valence-electron chi connectivity index (χ0n) is 29.1. The summed E-state index contributed by atoms with van der Waals surface area (Å²) in [6.45, 7) is 4.79. The molecule has 1 heterocycles. The van der Waals surface area contributed by atoms with Crippen molar-refractivity contribution in [3.8, 4) is 11.1 Å². The summed E-state index contributed by atoms with van der Waals surface area (Å²) in [4.78, 5) is 2.39. The Morgan fingerprint density at radius 1 is 0.647 bits per heavy atom. The fourth-order valence-corrected chi connectivity index (χ4v) is 9.00. The molecule has 0 amide bonds. The summed E-state index contributed by atoms with van der Waals surface area (Å²) in [5.74, 6) is 2.38. The maximum Gasteiger partial charge on any atom is 0.139 e. The number of furan rings is 1. The zero-order valence-corrected chi connectivity index (χ0v) is 29.1. The Labute approximate surface area is 300 Å². The number of anilines is 3. The van der Waals surface area contributed by atoms with Gasteiger partial charge in [-0.2, -0.15) is 0 Å². The molecule has 1 aromatic heterocycles. The van der Waals surface area contributed by atoms with Gasteiger partial charge in [-0.25, -0.2) is 0 Å². The maximum atomic E-state index is 6.85. The van der Waals surface area contributed by atoms with Crippen LogP contribution in [0.1, 0.15) is 71.9 Å². The summed E-state index contributed by atoms with van der Waals surface area (Å²) in [5.41, 5.74) is 15.5. The lowest BCUT2D eigenvalue weighted by Crippen LogP contribution is -2.22. The lowest BCUT2D eigenvalue weighted by atomic mass is 9.71. The lowest BCUT2D eigenvalue weighted by molar-refractivity contribution is 0.522. The summed E-state index contributed by atoms with van der Waals surface area (Å²) >= 11 is 0. The van der Waals surface area contributed by atoms with Gasteiger partial charge in [-0.1, -0.05) is 129 Å². The van der Waals surface area contributed by atoms with Crippen LogP contribution in [0.25, 0.3) is 33.5 Å². The van der Waals surface area contributed by atoms with Crippen molar-refractivity contribution in [2.45, 2.75) is 44.4 Å². The number of rotatable bonds is 5. The molecular weight excluding hydrogens is 619 g/mol. The third-order valence-electron chi connectivity index (χ3n) is 11.6. The van der Waals surface area contributed by atoms with E-state index in [4.69, 9.17) is 4.42 Å². The Morgan fingerprint density at radius 3 is 2.12 bits per heavy atom. The minimum atomic E-state index is -0.0518. The van der Waals surface area contributed by atoms with E-state index in [2.05, 4.69) is 176 Å². The number of allylic oxidation sites excluding steroid dienone is 2. The van der Waals surface area contributed by atoms with Gasteiger partial charge in [0.1, 0.15) is 11.5 Å². The molecule has 3 aliphatic carbocycles. The molecule has 10 rings (SSSR count). The highest BCUT2D eigenvalue weighted by Crippen LogP contribution is 2.58. The molecule has 1 atom stereocenters. The largest absolute Gasteiger partial charge is 0.456 e. The number of hydrogen-bond acceptors (Lipinski definition) is 2. The highest BCUT2D eigenvalue weighted by atomic mass is 16.3. The lowest BCUT2D eigenvalue weighted by Gasteiger charge is -2.32. The monoisotopic (exact) mass is 657 g/mol. The SMILES string of the molecule is CC1(C)C2=C(c3ccccc31)c1oc3c(c1C(c1ccc(N(c4ccc(-c5ccccc5)cc4)c4ccc5ccccc5c4)cc1)C2)CCC=C3. The van der Waals surface area contributed by atoms with Gasteiger partial charge in [0.25, 0.3) is 0 Å². The Morgan fingerprint density at radius 2 is 1.31 bits per heavy atom. The van der Waals surface area contributed by atoms with Crippen molar-refractivity contribution in [3.63, 3.8) is 0 Å². The molecule has 0 radical (unpaired) electrons. The number of fused-ring (bicyclic) bond motifs is 7. The predicted octanol–water partition coefficient (Wildman–Crippen LogP) is 13.2. The van der Waals surface area contributed by atoms with Crippen LogP contribution in [-0.4, -0.2) is 0 Å². The first-order chi connectivity index (χ1) is 25.0. The van der Waals surface area contributed by atoms with E-state index in [1.807, 2.05) is 0 Å². The van der Waals surface area contributed by atoms with Crippen molar-refractivity contribution in [2.75, 3.05) is 4.90 Å². The Hall–Kier alpha value is -5.86. The molecule has 0 aliphatic heterocycles. The van der Waals surface area contributed by atoms with Crippen molar-refractivity contribution in [1.82, 2.24) is 0 Å². The van der Waals surface area contributed by atoms with Gasteiger partial charge in [0.2, 0.25) is 0 Å².